The summed E-state index contributed by atoms with van der Waals surface area (Å²) in [6, 6.07) is 8.72. The fourth-order valence-electron chi connectivity index (χ4n) is 4.91. The van der Waals surface area contributed by atoms with Crippen molar-refractivity contribution in [3.05, 3.63) is 36.2 Å². The van der Waals surface area contributed by atoms with E-state index >= 15 is 0 Å². The number of aromatic nitrogens is 3. The number of aromatic amines is 1. The van der Waals surface area contributed by atoms with Crippen molar-refractivity contribution in [1.29, 1.82) is 0 Å². The molecule has 30 heavy (non-hydrogen) atoms. The van der Waals surface area contributed by atoms with Crippen LogP contribution in [0.4, 0.5) is 0 Å². The predicted octanol–water partition coefficient (Wildman–Crippen LogP) is 3.88. The van der Waals surface area contributed by atoms with Crippen LogP contribution in [-0.4, -0.2) is 46.4 Å². The fourth-order valence-corrected chi connectivity index (χ4v) is 4.91. The Morgan fingerprint density at radius 2 is 2.13 bits per heavy atom. The lowest BCUT2D eigenvalue weighted by molar-refractivity contribution is -0.125. The smallest absolute Gasteiger partial charge is 0.191 e. The first-order chi connectivity index (χ1) is 14.2. The number of hydrogen-bond donors (Lipinski definition) is 3. The number of rotatable bonds is 7. The maximum Gasteiger partial charge on any atom is 0.191 e. The molecule has 2 atom stereocenters. The van der Waals surface area contributed by atoms with Crippen LogP contribution in [0.3, 0.4) is 0 Å². The molecule has 0 bridgehead atoms. The maximum absolute atomic E-state index is 6.05. The van der Waals surface area contributed by atoms with E-state index in [1.54, 1.807) is 0 Å². The fraction of sp³-hybridized carbons (Fsp3) is 0.591. The van der Waals surface area contributed by atoms with E-state index in [0.717, 1.165) is 42.5 Å². The molecule has 0 amide bonds. The highest BCUT2D eigenvalue weighted by atomic mass is 127. The molecule has 2 saturated carbocycles. The van der Waals surface area contributed by atoms with Crippen molar-refractivity contribution in [2.24, 2.45) is 10.4 Å². The molecule has 0 aliphatic heterocycles. The number of H-pyrrole nitrogens is 1. The molecule has 3 N–H and O–H groups in total. The Hall–Kier alpha value is -1.68. The number of nitrogens with zero attached hydrogens (tertiary/aromatic N) is 3. The lowest BCUT2D eigenvalue weighted by Gasteiger charge is -2.54. The van der Waals surface area contributed by atoms with Crippen molar-refractivity contribution in [3.63, 3.8) is 0 Å². The van der Waals surface area contributed by atoms with Crippen LogP contribution in [0.25, 0.3) is 11.4 Å². The van der Waals surface area contributed by atoms with E-state index < -0.39 is 0 Å². The number of nitrogens with one attached hydrogen (secondary N) is 3. The monoisotopic (exact) mass is 524 g/mol. The minimum Gasteiger partial charge on any atom is -0.378 e. The van der Waals surface area contributed by atoms with Gasteiger partial charge in [-0.25, -0.2) is 9.98 Å². The zero-order valence-corrected chi connectivity index (χ0v) is 20.2. The molecule has 2 aliphatic rings. The molecule has 7 nitrogen and oxygen atoms in total. The van der Waals surface area contributed by atoms with E-state index in [2.05, 4.69) is 51.8 Å². The summed E-state index contributed by atoms with van der Waals surface area (Å²) in [5.74, 6) is 1.67. The van der Waals surface area contributed by atoms with Gasteiger partial charge in [-0.15, -0.1) is 24.0 Å². The molecule has 2 aliphatic carbocycles. The summed E-state index contributed by atoms with van der Waals surface area (Å²) >= 11 is 0. The molecule has 164 valence electrons. The molecule has 1 aromatic heterocycles. The number of aliphatic imine (C=N–C) groups is 1. The van der Waals surface area contributed by atoms with Crippen LogP contribution in [0.5, 0.6) is 0 Å². The minimum absolute atomic E-state index is 0. The average Bonchev–Trinajstić information content (AvgIpc) is 3.45. The normalized spacial score (nSPS) is 22.4. The topological polar surface area (TPSA) is 87.2 Å². The van der Waals surface area contributed by atoms with Crippen LogP contribution in [0, 0.1) is 5.41 Å². The highest BCUT2D eigenvalue weighted by Gasteiger charge is 2.56. The molecule has 1 heterocycles. The Balaban J connectivity index is 0.00000256. The molecule has 4 rings (SSSR count). The van der Waals surface area contributed by atoms with Crippen molar-refractivity contribution in [1.82, 2.24) is 25.8 Å². The van der Waals surface area contributed by atoms with Crippen LogP contribution >= 0.6 is 24.0 Å². The van der Waals surface area contributed by atoms with Gasteiger partial charge in [-0.3, -0.25) is 5.10 Å². The van der Waals surface area contributed by atoms with Gasteiger partial charge in [0.1, 0.15) is 6.33 Å². The van der Waals surface area contributed by atoms with Crippen LogP contribution in [-0.2, 0) is 11.3 Å². The Morgan fingerprint density at radius 3 is 2.83 bits per heavy atom. The molecule has 0 radical (unpaired) electrons. The molecule has 8 heteroatoms. The van der Waals surface area contributed by atoms with Gasteiger partial charge in [0, 0.05) is 30.2 Å². The summed E-state index contributed by atoms with van der Waals surface area (Å²) in [4.78, 5) is 9.10. The van der Waals surface area contributed by atoms with Crippen molar-refractivity contribution >= 4 is 29.9 Å². The van der Waals surface area contributed by atoms with E-state index in [1.807, 2.05) is 12.1 Å². The second kappa shape index (κ2) is 10.6. The molecule has 2 aromatic rings. The van der Waals surface area contributed by atoms with Gasteiger partial charge < -0.3 is 15.4 Å². The van der Waals surface area contributed by atoms with Crippen LogP contribution in [0.2, 0.25) is 0 Å². The van der Waals surface area contributed by atoms with Gasteiger partial charge >= 0.3 is 0 Å². The molecule has 0 saturated heterocycles. The van der Waals surface area contributed by atoms with E-state index in [-0.39, 0.29) is 24.0 Å². The summed E-state index contributed by atoms with van der Waals surface area (Å²) in [5, 5.41) is 14.0. The van der Waals surface area contributed by atoms with Crippen LogP contribution < -0.4 is 10.6 Å². The van der Waals surface area contributed by atoms with Gasteiger partial charge in [0.05, 0.1) is 12.6 Å². The second-order valence-electron chi connectivity index (χ2n) is 8.05. The summed E-state index contributed by atoms with van der Waals surface area (Å²) in [6.45, 7) is 6.47. The molecule has 2 fully saturated rings. The van der Waals surface area contributed by atoms with Crippen molar-refractivity contribution in [2.75, 3.05) is 13.2 Å². The van der Waals surface area contributed by atoms with Gasteiger partial charge in [0.2, 0.25) is 0 Å². The van der Waals surface area contributed by atoms with E-state index in [4.69, 9.17) is 9.73 Å². The summed E-state index contributed by atoms with van der Waals surface area (Å²) in [6.07, 6.45) is 8.13. The van der Waals surface area contributed by atoms with Crippen molar-refractivity contribution in [3.8, 4) is 11.4 Å². The van der Waals surface area contributed by atoms with Crippen molar-refractivity contribution in [2.45, 2.75) is 64.6 Å². The minimum atomic E-state index is 0. The van der Waals surface area contributed by atoms with E-state index in [0.29, 0.717) is 24.1 Å². The third-order valence-corrected chi connectivity index (χ3v) is 6.38. The Kier molecular flexibility index (Phi) is 8.10. The third-order valence-electron chi connectivity index (χ3n) is 6.38. The van der Waals surface area contributed by atoms with Gasteiger partial charge in [-0.1, -0.05) is 31.0 Å². The number of hydrogen-bond acceptors (Lipinski definition) is 4. The van der Waals surface area contributed by atoms with Gasteiger partial charge in [0.15, 0.2) is 11.8 Å². The van der Waals surface area contributed by atoms with Crippen molar-refractivity contribution < 1.29 is 4.74 Å². The standard InChI is InChI=1S/C22H32N6O.HI/c1-3-23-21(27-18-13-19(29-4-2)22(18)10-5-6-11-22)24-14-16-8-7-9-17(12-16)20-25-15-26-28-20;/h7-9,12,15,18-19H,3-6,10-11,13-14H2,1-2H3,(H2,23,24,27)(H,25,26,28);1H. The van der Waals surface area contributed by atoms with E-state index in [1.165, 1.54) is 32.0 Å². The zero-order chi connectivity index (χ0) is 20.1. The average molecular weight is 524 g/mol. The lowest BCUT2D eigenvalue weighted by Crippen LogP contribution is -2.65. The highest BCUT2D eigenvalue weighted by molar-refractivity contribution is 14.0. The van der Waals surface area contributed by atoms with Gasteiger partial charge in [0.25, 0.3) is 0 Å². The SMILES string of the molecule is CCNC(=NCc1cccc(-c2ncn[nH]2)c1)NC1CC(OCC)C12CCCC2.I. The predicted molar refractivity (Wildman–Crippen MR) is 130 cm³/mol. The molecular weight excluding hydrogens is 491 g/mol. The number of guanidine groups is 1. The number of halogens is 1. The summed E-state index contributed by atoms with van der Waals surface area (Å²) in [7, 11) is 0. The first-order valence-corrected chi connectivity index (χ1v) is 10.9. The lowest BCUT2D eigenvalue weighted by atomic mass is 9.60. The third kappa shape index (κ3) is 4.80. The summed E-state index contributed by atoms with van der Waals surface area (Å²) < 4.78 is 6.05. The zero-order valence-electron chi connectivity index (χ0n) is 17.9. The Bertz CT molecular complexity index is 819. The Morgan fingerprint density at radius 1 is 1.30 bits per heavy atom. The first kappa shape index (κ1) is 23.0. The largest absolute Gasteiger partial charge is 0.378 e. The first-order valence-electron chi connectivity index (χ1n) is 10.9. The van der Waals surface area contributed by atoms with Gasteiger partial charge in [-0.05, 0) is 44.7 Å². The molecule has 1 spiro atoms. The van der Waals surface area contributed by atoms with Crippen LogP contribution in [0.15, 0.2) is 35.6 Å². The van der Waals surface area contributed by atoms with Crippen LogP contribution in [0.1, 0.15) is 51.5 Å². The number of ether oxygens (including phenoxy) is 1. The quantitative estimate of drug-likeness (QED) is 0.291. The molecular formula is C22H33IN6O. The van der Waals surface area contributed by atoms with Gasteiger partial charge in [-0.2, -0.15) is 5.10 Å². The Labute approximate surface area is 195 Å². The molecule has 2 unspecified atom stereocenters. The number of benzene rings is 1. The second-order valence-corrected chi connectivity index (χ2v) is 8.05. The highest BCUT2D eigenvalue weighted by Crippen LogP contribution is 2.54. The molecule has 1 aromatic carbocycles. The van der Waals surface area contributed by atoms with E-state index in [9.17, 15) is 0 Å². The summed E-state index contributed by atoms with van der Waals surface area (Å²) in [5.41, 5.74) is 2.46. The maximum atomic E-state index is 6.05.